The maximum absolute atomic E-state index is 14.3. The van der Waals surface area contributed by atoms with E-state index in [9.17, 15) is 9.59 Å². The summed E-state index contributed by atoms with van der Waals surface area (Å²) in [5, 5.41) is 1.09. The number of pyridine rings is 2. The molecule has 4 aromatic rings. The molecule has 0 saturated carbocycles. The van der Waals surface area contributed by atoms with Crippen molar-refractivity contribution >= 4 is 56.1 Å². The zero-order chi connectivity index (χ0) is 32.6. The number of fused-ring (bicyclic) bond motifs is 1. The SMILES string of the molecule is B/C=C(\B)C(=O)N1C[C@H](C)N(c2nc(=O)n(-c3c(CC)ccnc3C(C)C)c3nc(-c4ccccc4C=C)c(Cl)cc23)[C@@H](C)C1. The Balaban J connectivity index is 1.82. The van der Waals surface area contributed by atoms with Crippen LogP contribution in [0.2, 0.25) is 5.02 Å². The zero-order valence-corrected chi connectivity index (χ0v) is 27.9. The van der Waals surface area contributed by atoms with Gasteiger partial charge in [-0.25, -0.2) is 14.3 Å². The van der Waals surface area contributed by atoms with Gasteiger partial charge in [0.25, 0.3) is 0 Å². The fourth-order valence-electron chi connectivity index (χ4n) is 6.34. The summed E-state index contributed by atoms with van der Waals surface area (Å²) in [4.78, 5) is 46.1. The van der Waals surface area contributed by atoms with E-state index in [1.165, 1.54) is 0 Å². The van der Waals surface area contributed by atoms with Crippen molar-refractivity contribution in [2.24, 2.45) is 0 Å². The van der Waals surface area contributed by atoms with E-state index in [0.29, 0.717) is 58.2 Å². The van der Waals surface area contributed by atoms with Gasteiger partial charge in [-0.15, -0.1) is 5.98 Å². The third-order valence-electron chi connectivity index (χ3n) is 8.65. The molecular formula is C34H39B2ClN6O2. The number of carbonyl (C=O) groups is 1. The summed E-state index contributed by atoms with van der Waals surface area (Å²) in [7, 11) is 3.71. The first-order chi connectivity index (χ1) is 21.5. The molecule has 5 rings (SSSR count). The highest BCUT2D eigenvalue weighted by atomic mass is 35.5. The van der Waals surface area contributed by atoms with E-state index < -0.39 is 5.69 Å². The van der Waals surface area contributed by atoms with Gasteiger partial charge in [0.2, 0.25) is 5.91 Å². The second-order valence-corrected chi connectivity index (χ2v) is 12.4. The monoisotopic (exact) mass is 620 g/mol. The molecule has 3 aromatic heterocycles. The number of benzene rings is 1. The van der Waals surface area contributed by atoms with E-state index in [4.69, 9.17) is 26.6 Å². The summed E-state index contributed by atoms with van der Waals surface area (Å²) in [6, 6.07) is 11.4. The summed E-state index contributed by atoms with van der Waals surface area (Å²) in [6.45, 7) is 15.3. The molecule has 8 nitrogen and oxygen atoms in total. The molecule has 1 aliphatic rings. The zero-order valence-electron chi connectivity index (χ0n) is 27.1. The summed E-state index contributed by atoms with van der Waals surface area (Å²) < 4.78 is 1.61. The number of nitrogens with zero attached hydrogens (tertiary/aromatic N) is 6. The van der Waals surface area contributed by atoms with E-state index in [0.717, 1.165) is 22.4 Å². The van der Waals surface area contributed by atoms with Crippen LogP contribution in [0.15, 0.2) is 65.4 Å². The van der Waals surface area contributed by atoms with E-state index >= 15 is 0 Å². The van der Waals surface area contributed by atoms with Gasteiger partial charge in [0.15, 0.2) is 5.65 Å². The molecule has 45 heavy (non-hydrogen) atoms. The number of amides is 1. The Morgan fingerprint density at radius 3 is 2.47 bits per heavy atom. The number of carbonyl (C=O) groups excluding carboxylic acids is 1. The molecule has 1 aliphatic heterocycles. The third kappa shape index (κ3) is 5.84. The van der Waals surface area contributed by atoms with Crippen LogP contribution >= 0.6 is 11.6 Å². The highest BCUT2D eigenvalue weighted by Crippen LogP contribution is 2.37. The van der Waals surface area contributed by atoms with E-state index in [-0.39, 0.29) is 23.9 Å². The number of piperazine rings is 1. The topological polar surface area (TPSA) is 84.2 Å². The standard InChI is InChI=1S/C34H39B2ClN6O2/c1-7-22-11-9-10-12-24(22)29-27(37)15-25-31(39-29)43(30-23(8-2)13-14-38-28(30)19(3)4)34(45)40-32(25)42-20(5)17-41(18-21(42)6)33(44)26(36)16-35/h7,9-16,19-21H,1,8,17-18,35-36H2,2-6H3/b26-16-/t20-,21-/m0/s1. The largest absolute Gasteiger partial charge is 0.355 e. The molecule has 0 N–H and O–H groups in total. The predicted octanol–water partition coefficient (Wildman–Crippen LogP) is 4.36. The van der Waals surface area contributed by atoms with E-state index in [1.807, 2.05) is 63.0 Å². The van der Waals surface area contributed by atoms with Crippen molar-refractivity contribution in [3.8, 4) is 16.9 Å². The molecule has 11 heteroatoms. The fraction of sp³-hybridized carbons (Fsp3) is 0.324. The van der Waals surface area contributed by atoms with Crippen molar-refractivity contribution in [1.29, 1.82) is 0 Å². The van der Waals surface area contributed by atoms with Crippen LogP contribution in [0.4, 0.5) is 5.82 Å². The molecular weight excluding hydrogens is 581 g/mol. The van der Waals surface area contributed by atoms with Gasteiger partial charge in [0.1, 0.15) is 21.5 Å². The minimum Gasteiger partial charge on any atom is -0.347 e. The Kier molecular flexibility index (Phi) is 9.35. The maximum atomic E-state index is 14.3. The lowest BCUT2D eigenvalue weighted by molar-refractivity contribution is -0.127. The highest BCUT2D eigenvalue weighted by Gasteiger charge is 2.35. The van der Waals surface area contributed by atoms with Crippen molar-refractivity contribution in [1.82, 2.24) is 24.4 Å². The first kappa shape index (κ1) is 32.2. The number of hydrogen-bond acceptors (Lipinski definition) is 6. The van der Waals surface area contributed by atoms with Crippen molar-refractivity contribution < 1.29 is 4.79 Å². The molecule has 0 radical (unpaired) electrons. The summed E-state index contributed by atoms with van der Waals surface area (Å²) >= 11 is 7.04. The normalized spacial score (nSPS) is 17.3. The Bertz CT molecular complexity index is 1880. The molecule has 230 valence electrons. The average molecular weight is 621 g/mol. The second kappa shape index (κ2) is 13.1. The number of hydrogen-bond donors (Lipinski definition) is 0. The van der Waals surface area contributed by atoms with Gasteiger partial charge in [-0.2, -0.15) is 4.98 Å². The second-order valence-electron chi connectivity index (χ2n) is 12.0. The Morgan fingerprint density at radius 1 is 1.16 bits per heavy atom. The average Bonchev–Trinajstić information content (AvgIpc) is 3.03. The smallest absolute Gasteiger partial charge is 0.347 e. The van der Waals surface area contributed by atoms with Gasteiger partial charge < -0.3 is 9.80 Å². The third-order valence-corrected chi connectivity index (χ3v) is 8.93. The molecule has 1 aromatic carbocycles. The lowest BCUT2D eigenvalue weighted by Crippen LogP contribution is -2.59. The van der Waals surface area contributed by atoms with Crippen LogP contribution in [0, 0.1) is 0 Å². The Morgan fingerprint density at radius 2 is 1.84 bits per heavy atom. The molecule has 0 aliphatic carbocycles. The first-order valence-electron chi connectivity index (χ1n) is 15.6. The number of rotatable bonds is 7. The molecule has 1 amide bonds. The van der Waals surface area contributed by atoms with Gasteiger partial charge in [0.05, 0.1) is 27.5 Å². The first-order valence-corrected chi connectivity index (χ1v) is 15.9. The fourth-order valence-corrected chi connectivity index (χ4v) is 6.59. The molecule has 2 atom stereocenters. The van der Waals surface area contributed by atoms with Crippen molar-refractivity contribution in [2.75, 3.05) is 18.0 Å². The van der Waals surface area contributed by atoms with Crippen molar-refractivity contribution in [2.45, 2.75) is 59.0 Å². The molecule has 0 spiro atoms. The van der Waals surface area contributed by atoms with E-state index in [1.54, 1.807) is 16.8 Å². The van der Waals surface area contributed by atoms with Crippen molar-refractivity contribution in [3.63, 3.8) is 0 Å². The lowest BCUT2D eigenvalue weighted by atomic mass is 9.87. The quantitative estimate of drug-likeness (QED) is 0.226. The molecule has 0 bridgehead atoms. The van der Waals surface area contributed by atoms with Crippen LogP contribution < -0.4 is 10.6 Å². The Hall–Kier alpha value is -4.17. The summed E-state index contributed by atoms with van der Waals surface area (Å²) in [5.74, 6) is 2.41. The predicted molar refractivity (Wildman–Crippen MR) is 190 cm³/mol. The van der Waals surface area contributed by atoms with Gasteiger partial charge in [0, 0.05) is 36.9 Å². The highest BCUT2D eigenvalue weighted by molar-refractivity contribution is 6.40. The molecule has 4 heterocycles. The van der Waals surface area contributed by atoms with Crippen LogP contribution in [0.1, 0.15) is 57.4 Å². The lowest BCUT2D eigenvalue weighted by Gasteiger charge is -2.45. The maximum Gasteiger partial charge on any atom is 0.355 e. The van der Waals surface area contributed by atoms with Crippen molar-refractivity contribution in [3.05, 3.63) is 92.9 Å². The van der Waals surface area contributed by atoms with Crippen LogP contribution in [0.5, 0.6) is 0 Å². The molecule has 1 fully saturated rings. The van der Waals surface area contributed by atoms with Gasteiger partial charge in [-0.3, -0.25) is 9.78 Å². The number of aromatic nitrogens is 4. The number of halogens is 1. The summed E-state index contributed by atoms with van der Waals surface area (Å²) in [6.07, 6.45) is 4.26. The van der Waals surface area contributed by atoms with Gasteiger partial charge >= 0.3 is 5.69 Å². The van der Waals surface area contributed by atoms with Gasteiger partial charge in [-0.05, 0) is 54.9 Å². The van der Waals surface area contributed by atoms with E-state index in [2.05, 4.69) is 46.1 Å². The summed E-state index contributed by atoms with van der Waals surface area (Å²) in [5.41, 5.74) is 5.45. The number of aryl methyl sites for hydroxylation is 1. The van der Waals surface area contributed by atoms with Crippen LogP contribution in [0.25, 0.3) is 34.1 Å². The Labute approximate surface area is 271 Å². The van der Waals surface area contributed by atoms with Gasteiger partial charge in [-0.1, -0.05) is 69.3 Å². The molecule has 1 saturated heterocycles. The van der Waals surface area contributed by atoms with Crippen LogP contribution in [-0.4, -0.2) is 71.2 Å². The van der Waals surface area contributed by atoms with Crippen LogP contribution in [0.3, 0.4) is 0 Å². The minimum atomic E-state index is -0.442. The minimum absolute atomic E-state index is 0.0178. The van der Waals surface area contributed by atoms with Crippen LogP contribution in [-0.2, 0) is 11.2 Å². The number of anilines is 1. The molecule has 0 unspecified atom stereocenters.